The average molecular weight is 284 g/mol. The van der Waals surface area contributed by atoms with Crippen LogP contribution in [-0.2, 0) is 0 Å². The molecule has 0 spiro atoms. The van der Waals surface area contributed by atoms with Gasteiger partial charge in [-0.2, -0.15) is 0 Å². The van der Waals surface area contributed by atoms with Crippen LogP contribution < -0.4 is 10.2 Å². The van der Waals surface area contributed by atoms with Crippen molar-refractivity contribution in [3.63, 3.8) is 0 Å². The number of thiocarbonyl (C=S) groups is 1. The van der Waals surface area contributed by atoms with Crippen LogP contribution in [0.15, 0.2) is 60.7 Å². The Kier molecular flexibility index (Phi) is 4.40. The van der Waals surface area contributed by atoms with Gasteiger partial charge in [0.05, 0.1) is 0 Å². The van der Waals surface area contributed by atoms with Gasteiger partial charge in [-0.25, -0.2) is 0 Å². The molecular weight excluding hydrogens is 264 g/mol. The van der Waals surface area contributed by atoms with Gasteiger partial charge in [0.25, 0.3) is 0 Å². The third kappa shape index (κ3) is 3.58. The van der Waals surface area contributed by atoms with Crippen molar-refractivity contribution in [1.29, 1.82) is 0 Å². The van der Waals surface area contributed by atoms with Crippen molar-refractivity contribution < 1.29 is 0 Å². The van der Waals surface area contributed by atoms with E-state index in [0.717, 1.165) is 11.4 Å². The molecule has 2 aromatic rings. The van der Waals surface area contributed by atoms with E-state index < -0.39 is 0 Å². The van der Waals surface area contributed by atoms with Gasteiger partial charge in [-0.15, -0.1) is 0 Å². The van der Waals surface area contributed by atoms with Gasteiger partial charge in [-0.1, -0.05) is 36.4 Å². The predicted octanol–water partition coefficient (Wildman–Crippen LogP) is 4.69. The van der Waals surface area contributed by atoms with Crippen LogP contribution in [0.4, 0.5) is 11.4 Å². The van der Waals surface area contributed by atoms with Gasteiger partial charge < -0.3 is 10.2 Å². The van der Waals surface area contributed by atoms with Crippen LogP contribution in [0, 0.1) is 0 Å². The molecule has 0 aliphatic heterocycles. The van der Waals surface area contributed by atoms with Crippen molar-refractivity contribution in [1.82, 2.24) is 0 Å². The molecule has 0 aliphatic rings. The molecule has 0 bridgehead atoms. The number of anilines is 2. The van der Waals surface area contributed by atoms with Crippen LogP contribution in [0.25, 0.3) is 0 Å². The zero-order valence-electron chi connectivity index (χ0n) is 12.1. The quantitative estimate of drug-likeness (QED) is 0.805. The fourth-order valence-corrected chi connectivity index (χ4v) is 2.58. The highest BCUT2D eigenvalue weighted by Gasteiger charge is 2.25. The Morgan fingerprint density at radius 1 is 0.900 bits per heavy atom. The highest BCUT2D eigenvalue weighted by molar-refractivity contribution is 7.80. The van der Waals surface area contributed by atoms with Gasteiger partial charge >= 0.3 is 0 Å². The fraction of sp³-hybridized carbons (Fsp3) is 0.235. The minimum atomic E-state index is -0.0970. The molecule has 0 amide bonds. The maximum Gasteiger partial charge on any atom is 0.178 e. The first-order chi connectivity index (χ1) is 9.48. The summed E-state index contributed by atoms with van der Waals surface area (Å²) in [6.45, 7) is 6.46. The van der Waals surface area contributed by atoms with E-state index in [0.29, 0.717) is 5.11 Å². The fourth-order valence-electron chi connectivity index (χ4n) is 2.09. The summed E-state index contributed by atoms with van der Waals surface area (Å²) in [7, 11) is 0. The summed E-state index contributed by atoms with van der Waals surface area (Å²) in [5.74, 6) is 0. The topological polar surface area (TPSA) is 15.3 Å². The Balaban J connectivity index is 2.26. The number of benzene rings is 2. The molecule has 104 valence electrons. The SMILES string of the molecule is CC(C)(C)N(C(=S)Nc1ccccc1)c1ccccc1. The Morgan fingerprint density at radius 2 is 1.40 bits per heavy atom. The van der Waals surface area contributed by atoms with Crippen molar-refractivity contribution in [3.8, 4) is 0 Å². The van der Waals surface area contributed by atoms with Gasteiger partial charge in [0.1, 0.15) is 0 Å². The molecule has 0 fully saturated rings. The molecule has 0 radical (unpaired) electrons. The van der Waals surface area contributed by atoms with Crippen LogP contribution in [0.5, 0.6) is 0 Å². The number of nitrogens with zero attached hydrogens (tertiary/aromatic N) is 1. The van der Waals surface area contributed by atoms with Crippen molar-refractivity contribution in [2.75, 3.05) is 10.2 Å². The van der Waals surface area contributed by atoms with E-state index in [1.165, 1.54) is 0 Å². The lowest BCUT2D eigenvalue weighted by molar-refractivity contribution is 0.574. The van der Waals surface area contributed by atoms with Crippen LogP contribution in [-0.4, -0.2) is 10.7 Å². The van der Waals surface area contributed by atoms with Crippen molar-refractivity contribution in [2.45, 2.75) is 26.3 Å². The highest BCUT2D eigenvalue weighted by Crippen LogP contribution is 2.24. The third-order valence-corrected chi connectivity index (χ3v) is 3.20. The van der Waals surface area contributed by atoms with Crippen molar-refractivity contribution in [2.24, 2.45) is 0 Å². The molecular formula is C17H20N2S. The lowest BCUT2D eigenvalue weighted by Gasteiger charge is -2.37. The normalized spacial score (nSPS) is 10.9. The summed E-state index contributed by atoms with van der Waals surface area (Å²) < 4.78 is 0. The zero-order chi connectivity index (χ0) is 14.6. The Labute approximate surface area is 126 Å². The first-order valence-electron chi connectivity index (χ1n) is 6.70. The second-order valence-electron chi connectivity index (χ2n) is 5.64. The number of nitrogens with one attached hydrogen (secondary N) is 1. The molecule has 0 aliphatic carbocycles. The van der Waals surface area contributed by atoms with Crippen LogP contribution >= 0.6 is 12.2 Å². The van der Waals surface area contributed by atoms with Crippen molar-refractivity contribution in [3.05, 3.63) is 60.7 Å². The summed E-state index contributed by atoms with van der Waals surface area (Å²) in [4.78, 5) is 2.13. The van der Waals surface area contributed by atoms with E-state index >= 15 is 0 Å². The number of hydrogen-bond acceptors (Lipinski definition) is 1. The first kappa shape index (κ1) is 14.5. The minimum Gasteiger partial charge on any atom is -0.332 e. The lowest BCUT2D eigenvalue weighted by Crippen LogP contribution is -2.48. The maximum atomic E-state index is 5.60. The highest BCUT2D eigenvalue weighted by atomic mass is 32.1. The molecule has 2 nitrogen and oxygen atoms in total. The maximum absolute atomic E-state index is 5.60. The summed E-state index contributed by atoms with van der Waals surface area (Å²) in [5, 5.41) is 4.01. The lowest BCUT2D eigenvalue weighted by atomic mass is 10.1. The van der Waals surface area contributed by atoms with Gasteiger partial charge in [0.15, 0.2) is 5.11 Å². The molecule has 2 rings (SSSR count). The third-order valence-electron chi connectivity index (χ3n) is 2.91. The summed E-state index contributed by atoms with van der Waals surface area (Å²) in [6, 6.07) is 20.2. The van der Waals surface area contributed by atoms with E-state index in [-0.39, 0.29) is 5.54 Å². The largest absolute Gasteiger partial charge is 0.332 e. The van der Waals surface area contributed by atoms with E-state index in [4.69, 9.17) is 12.2 Å². The second kappa shape index (κ2) is 6.06. The Bertz CT molecular complexity index is 559. The van der Waals surface area contributed by atoms with Crippen molar-refractivity contribution >= 4 is 28.7 Å². The molecule has 0 saturated heterocycles. The van der Waals surface area contributed by atoms with Crippen LogP contribution in [0.2, 0.25) is 0 Å². The summed E-state index contributed by atoms with van der Waals surface area (Å²) in [5.41, 5.74) is 2.00. The van der Waals surface area contributed by atoms with Gasteiger partial charge in [0.2, 0.25) is 0 Å². The number of rotatable bonds is 2. The van der Waals surface area contributed by atoms with Crippen LogP contribution in [0.3, 0.4) is 0 Å². The molecule has 1 N–H and O–H groups in total. The minimum absolute atomic E-state index is 0.0970. The predicted molar refractivity (Wildman–Crippen MR) is 91.3 cm³/mol. The standard InChI is InChI=1S/C17H20N2S/c1-17(2,3)19(15-12-8-5-9-13-15)16(20)18-14-10-6-4-7-11-14/h4-13H,1-3H3,(H,18,20). The summed E-state index contributed by atoms with van der Waals surface area (Å²) >= 11 is 5.60. The molecule has 0 saturated carbocycles. The molecule has 0 aromatic heterocycles. The first-order valence-corrected chi connectivity index (χ1v) is 7.10. The van der Waals surface area contributed by atoms with E-state index in [1.54, 1.807) is 0 Å². The number of hydrogen-bond donors (Lipinski definition) is 1. The van der Waals surface area contributed by atoms with Crippen LogP contribution in [0.1, 0.15) is 20.8 Å². The van der Waals surface area contributed by atoms with Gasteiger partial charge in [-0.05, 0) is 57.3 Å². The Morgan fingerprint density at radius 3 is 1.90 bits per heavy atom. The van der Waals surface area contributed by atoms with Gasteiger partial charge in [-0.3, -0.25) is 0 Å². The van der Waals surface area contributed by atoms with Gasteiger partial charge in [0, 0.05) is 16.9 Å². The summed E-state index contributed by atoms with van der Waals surface area (Å²) in [6.07, 6.45) is 0. The average Bonchev–Trinajstić information content (AvgIpc) is 2.39. The van der Waals surface area contributed by atoms with E-state index in [2.05, 4.69) is 43.1 Å². The smallest absolute Gasteiger partial charge is 0.178 e. The number of para-hydroxylation sites is 2. The Hall–Kier alpha value is -1.87. The monoisotopic (exact) mass is 284 g/mol. The zero-order valence-corrected chi connectivity index (χ0v) is 12.9. The molecule has 0 unspecified atom stereocenters. The molecule has 20 heavy (non-hydrogen) atoms. The second-order valence-corrected chi connectivity index (χ2v) is 6.02. The molecule has 2 aromatic carbocycles. The molecule has 0 atom stereocenters. The van der Waals surface area contributed by atoms with E-state index in [1.807, 2.05) is 48.5 Å². The van der Waals surface area contributed by atoms with E-state index in [9.17, 15) is 0 Å². The molecule has 0 heterocycles. The molecule has 3 heteroatoms.